The molecule has 0 unspecified atom stereocenters. The predicted molar refractivity (Wildman–Crippen MR) is 83.7 cm³/mol. The second kappa shape index (κ2) is 6.64. The summed E-state index contributed by atoms with van der Waals surface area (Å²) in [6.45, 7) is 3.88. The van der Waals surface area contributed by atoms with E-state index in [1.807, 2.05) is 37.4 Å². The average molecular weight is 299 g/mol. The van der Waals surface area contributed by atoms with Gasteiger partial charge in [-0.05, 0) is 31.0 Å². The summed E-state index contributed by atoms with van der Waals surface area (Å²) in [5.74, 6) is 1.37. The summed E-state index contributed by atoms with van der Waals surface area (Å²) in [6, 6.07) is 10.0. The minimum absolute atomic E-state index is 0.0620. The Balaban J connectivity index is 1.42. The lowest BCUT2D eigenvalue weighted by molar-refractivity contribution is -0.121. The zero-order chi connectivity index (χ0) is 15.4. The van der Waals surface area contributed by atoms with Gasteiger partial charge in [0.25, 0.3) is 0 Å². The van der Waals surface area contributed by atoms with Gasteiger partial charge in [-0.2, -0.15) is 5.10 Å². The van der Waals surface area contributed by atoms with Gasteiger partial charge in [-0.1, -0.05) is 18.2 Å². The first-order valence-corrected chi connectivity index (χ1v) is 7.68. The first kappa shape index (κ1) is 14.6. The second-order valence-electron chi connectivity index (χ2n) is 5.76. The molecule has 2 heterocycles. The second-order valence-corrected chi connectivity index (χ2v) is 5.76. The number of nitrogens with zero attached hydrogens (tertiary/aromatic N) is 2. The summed E-state index contributed by atoms with van der Waals surface area (Å²) >= 11 is 0. The summed E-state index contributed by atoms with van der Waals surface area (Å²) < 4.78 is 7.54. The Kier molecular flexibility index (Phi) is 4.42. The molecular formula is C17H21N3O2. The molecule has 1 aromatic carbocycles. The number of benzene rings is 1. The highest BCUT2D eigenvalue weighted by Crippen LogP contribution is 2.26. The molecule has 1 atom stereocenters. The van der Waals surface area contributed by atoms with Gasteiger partial charge in [-0.15, -0.1) is 0 Å². The Labute approximate surface area is 130 Å². The lowest BCUT2D eigenvalue weighted by atomic mass is 9.97. The number of aryl methyl sites for hydroxylation is 2. The number of para-hydroxylation sites is 1. The summed E-state index contributed by atoms with van der Waals surface area (Å²) in [5, 5.41) is 7.27. The lowest BCUT2D eigenvalue weighted by Crippen LogP contribution is -2.35. The number of aromatic nitrogens is 2. The van der Waals surface area contributed by atoms with E-state index in [0.717, 1.165) is 17.9 Å². The van der Waals surface area contributed by atoms with E-state index < -0.39 is 0 Å². The fraction of sp³-hybridized carbons (Fsp3) is 0.412. The van der Waals surface area contributed by atoms with Crippen molar-refractivity contribution in [3.05, 3.63) is 47.8 Å². The van der Waals surface area contributed by atoms with Crippen molar-refractivity contribution >= 4 is 5.91 Å². The van der Waals surface area contributed by atoms with Gasteiger partial charge in [-0.25, -0.2) is 0 Å². The SMILES string of the molecule is Cc1ccn(CCC(=O)NC[C@@H]2COc3ccccc3C2)n1. The summed E-state index contributed by atoms with van der Waals surface area (Å²) in [4.78, 5) is 11.9. The van der Waals surface area contributed by atoms with Crippen molar-refractivity contribution in [1.82, 2.24) is 15.1 Å². The van der Waals surface area contributed by atoms with Gasteiger partial charge >= 0.3 is 0 Å². The number of carbonyl (C=O) groups is 1. The van der Waals surface area contributed by atoms with Gasteiger partial charge < -0.3 is 10.1 Å². The first-order valence-electron chi connectivity index (χ1n) is 7.68. The van der Waals surface area contributed by atoms with E-state index in [2.05, 4.69) is 16.5 Å². The van der Waals surface area contributed by atoms with Gasteiger partial charge in [0, 0.05) is 31.6 Å². The Morgan fingerprint density at radius 3 is 3.09 bits per heavy atom. The van der Waals surface area contributed by atoms with Crippen molar-refractivity contribution < 1.29 is 9.53 Å². The number of nitrogens with one attached hydrogen (secondary N) is 1. The minimum Gasteiger partial charge on any atom is -0.493 e. The Hall–Kier alpha value is -2.30. The number of hydrogen-bond donors (Lipinski definition) is 1. The molecule has 0 aliphatic carbocycles. The van der Waals surface area contributed by atoms with Crippen molar-refractivity contribution in [1.29, 1.82) is 0 Å². The van der Waals surface area contributed by atoms with Crippen molar-refractivity contribution in [2.24, 2.45) is 5.92 Å². The van der Waals surface area contributed by atoms with E-state index in [9.17, 15) is 4.79 Å². The maximum atomic E-state index is 11.9. The van der Waals surface area contributed by atoms with E-state index in [0.29, 0.717) is 32.0 Å². The highest BCUT2D eigenvalue weighted by molar-refractivity contribution is 5.75. The topological polar surface area (TPSA) is 56.2 Å². The van der Waals surface area contributed by atoms with Crippen LogP contribution in [0.4, 0.5) is 0 Å². The smallest absolute Gasteiger partial charge is 0.221 e. The normalized spacial score (nSPS) is 16.7. The molecule has 0 spiro atoms. The van der Waals surface area contributed by atoms with Crippen LogP contribution in [0.1, 0.15) is 17.7 Å². The van der Waals surface area contributed by atoms with Crippen LogP contribution in [0, 0.1) is 12.8 Å². The van der Waals surface area contributed by atoms with E-state index in [4.69, 9.17) is 4.74 Å². The van der Waals surface area contributed by atoms with Gasteiger partial charge in [0.15, 0.2) is 0 Å². The van der Waals surface area contributed by atoms with Crippen molar-refractivity contribution in [3.63, 3.8) is 0 Å². The highest BCUT2D eigenvalue weighted by atomic mass is 16.5. The van der Waals surface area contributed by atoms with Gasteiger partial charge in [0.1, 0.15) is 5.75 Å². The zero-order valence-electron chi connectivity index (χ0n) is 12.8. The molecule has 0 saturated heterocycles. The maximum Gasteiger partial charge on any atom is 0.221 e. The average Bonchev–Trinajstić information content (AvgIpc) is 2.96. The van der Waals surface area contributed by atoms with Crippen LogP contribution in [-0.2, 0) is 17.8 Å². The Morgan fingerprint density at radius 1 is 1.41 bits per heavy atom. The molecule has 2 aromatic rings. The van der Waals surface area contributed by atoms with Crippen LogP contribution in [0.15, 0.2) is 36.5 Å². The number of rotatable bonds is 5. The number of ether oxygens (including phenoxy) is 1. The molecule has 116 valence electrons. The molecule has 3 rings (SSSR count). The third-order valence-electron chi connectivity index (χ3n) is 3.89. The molecule has 1 aliphatic rings. The van der Waals surface area contributed by atoms with Gasteiger partial charge in [0.05, 0.1) is 12.3 Å². The number of carbonyl (C=O) groups excluding carboxylic acids is 1. The standard InChI is InChI=1S/C17H21N3O2/c1-13-6-8-20(19-13)9-7-17(21)18-11-14-10-15-4-2-3-5-16(15)22-12-14/h2-6,8,14H,7,9-12H2,1H3,(H,18,21)/t14-/m1/s1. The van der Waals surface area contributed by atoms with Gasteiger partial charge in [-0.3, -0.25) is 9.48 Å². The molecule has 5 heteroatoms. The summed E-state index contributed by atoms with van der Waals surface area (Å²) in [7, 11) is 0. The molecule has 1 aromatic heterocycles. The van der Waals surface area contributed by atoms with Crippen molar-refractivity contribution in [2.45, 2.75) is 26.3 Å². The molecule has 0 radical (unpaired) electrons. The molecular weight excluding hydrogens is 278 g/mol. The molecule has 5 nitrogen and oxygen atoms in total. The third kappa shape index (κ3) is 3.67. The van der Waals surface area contributed by atoms with Crippen LogP contribution in [0.2, 0.25) is 0 Å². The Morgan fingerprint density at radius 2 is 2.27 bits per heavy atom. The maximum absolute atomic E-state index is 11.9. The molecule has 1 aliphatic heterocycles. The fourth-order valence-electron chi connectivity index (χ4n) is 2.67. The van der Waals surface area contributed by atoms with Crippen LogP contribution < -0.4 is 10.1 Å². The first-order chi connectivity index (χ1) is 10.7. The van der Waals surface area contributed by atoms with Crippen LogP contribution in [0.3, 0.4) is 0 Å². The van der Waals surface area contributed by atoms with Gasteiger partial charge in [0.2, 0.25) is 5.91 Å². The lowest BCUT2D eigenvalue weighted by Gasteiger charge is -2.25. The number of fused-ring (bicyclic) bond motifs is 1. The van der Waals surface area contributed by atoms with E-state index >= 15 is 0 Å². The van der Waals surface area contributed by atoms with Crippen molar-refractivity contribution in [3.8, 4) is 5.75 Å². The Bertz CT molecular complexity index is 651. The van der Waals surface area contributed by atoms with Crippen molar-refractivity contribution in [2.75, 3.05) is 13.2 Å². The third-order valence-corrected chi connectivity index (χ3v) is 3.89. The molecule has 0 fully saturated rings. The molecule has 1 amide bonds. The largest absolute Gasteiger partial charge is 0.493 e. The fourth-order valence-corrected chi connectivity index (χ4v) is 2.67. The summed E-state index contributed by atoms with van der Waals surface area (Å²) in [5.41, 5.74) is 2.19. The van der Waals surface area contributed by atoms with Crippen LogP contribution in [-0.4, -0.2) is 28.8 Å². The van der Waals surface area contributed by atoms with E-state index in [1.54, 1.807) is 4.68 Å². The van der Waals surface area contributed by atoms with E-state index in [1.165, 1.54) is 5.56 Å². The quantitative estimate of drug-likeness (QED) is 0.918. The highest BCUT2D eigenvalue weighted by Gasteiger charge is 2.19. The number of hydrogen-bond acceptors (Lipinski definition) is 3. The monoisotopic (exact) mass is 299 g/mol. The van der Waals surface area contributed by atoms with Crippen LogP contribution >= 0.6 is 0 Å². The van der Waals surface area contributed by atoms with Crippen LogP contribution in [0.25, 0.3) is 0 Å². The summed E-state index contributed by atoms with van der Waals surface area (Å²) in [6.07, 6.45) is 3.30. The zero-order valence-corrected chi connectivity index (χ0v) is 12.8. The molecule has 1 N–H and O–H groups in total. The predicted octanol–water partition coefficient (Wildman–Crippen LogP) is 1.95. The molecule has 0 saturated carbocycles. The minimum atomic E-state index is 0.0620. The molecule has 22 heavy (non-hydrogen) atoms. The number of amides is 1. The van der Waals surface area contributed by atoms with E-state index in [-0.39, 0.29) is 5.91 Å². The van der Waals surface area contributed by atoms with Crippen LogP contribution in [0.5, 0.6) is 5.75 Å². The molecule has 0 bridgehead atoms.